The van der Waals surface area contributed by atoms with E-state index in [-0.39, 0.29) is 10.8 Å². The summed E-state index contributed by atoms with van der Waals surface area (Å²) in [7, 11) is 0. The fourth-order valence-corrected chi connectivity index (χ4v) is 9.13. The average Bonchev–Trinajstić information content (AvgIpc) is 3.34. The van der Waals surface area contributed by atoms with Crippen molar-refractivity contribution in [1.29, 1.82) is 0 Å². The third kappa shape index (κ3) is 4.14. The minimum absolute atomic E-state index is 0.0400. The zero-order valence-electron chi connectivity index (χ0n) is 29.9. The molecule has 0 saturated carbocycles. The fraction of sp³-hybridized carbons (Fsp3) is 0.208. The summed E-state index contributed by atoms with van der Waals surface area (Å²) in [5.74, 6) is 0. The molecule has 2 heteroatoms. The van der Waals surface area contributed by atoms with E-state index in [2.05, 4.69) is 172 Å². The van der Waals surface area contributed by atoms with Crippen LogP contribution in [0.4, 0.5) is 0 Å². The molecule has 0 unspecified atom stereocenters. The van der Waals surface area contributed by atoms with E-state index in [9.17, 15) is 0 Å². The predicted octanol–water partition coefficient (Wildman–Crippen LogP) is 10.8. The van der Waals surface area contributed by atoms with Crippen LogP contribution >= 0.6 is 0 Å². The molecular formula is C48H42N2+2. The van der Waals surface area contributed by atoms with Crippen LogP contribution in [0.5, 0.6) is 0 Å². The van der Waals surface area contributed by atoms with E-state index in [4.69, 9.17) is 0 Å². The zero-order valence-corrected chi connectivity index (χ0v) is 29.9. The fourth-order valence-electron chi connectivity index (χ4n) is 9.13. The molecule has 0 spiro atoms. The van der Waals surface area contributed by atoms with Gasteiger partial charge in [0.15, 0.2) is 12.4 Å². The summed E-state index contributed by atoms with van der Waals surface area (Å²) in [6, 6.07) is 41.8. The van der Waals surface area contributed by atoms with Gasteiger partial charge in [-0.3, -0.25) is 0 Å². The first-order valence-corrected chi connectivity index (χ1v) is 18.1. The number of aromatic nitrogens is 2. The maximum absolute atomic E-state index is 2.55. The highest BCUT2D eigenvalue weighted by atomic mass is 15.1. The molecule has 50 heavy (non-hydrogen) atoms. The van der Waals surface area contributed by atoms with Gasteiger partial charge in [0.25, 0.3) is 11.4 Å². The van der Waals surface area contributed by atoms with Gasteiger partial charge in [0.1, 0.15) is 0 Å². The maximum Gasteiger partial charge on any atom is 0.259 e. The third-order valence-corrected chi connectivity index (χ3v) is 11.9. The summed E-state index contributed by atoms with van der Waals surface area (Å²) in [5, 5.41) is 5.25. The van der Waals surface area contributed by atoms with Crippen LogP contribution in [-0.2, 0) is 23.7 Å². The second-order valence-corrected chi connectivity index (χ2v) is 16.4. The number of allylic oxidation sites excluding steroid dienone is 2. The zero-order chi connectivity index (χ0) is 34.1. The minimum atomic E-state index is -0.0403. The van der Waals surface area contributed by atoms with E-state index in [1.54, 1.807) is 0 Å². The number of nitrogens with zero attached hydrogens (tertiary/aromatic N) is 2. The molecule has 3 aliphatic rings. The second-order valence-electron chi connectivity index (χ2n) is 16.4. The van der Waals surface area contributed by atoms with Gasteiger partial charge in [-0.15, -0.1) is 0 Å². The molecule has 0 bridgehead atoms. The van der Waals surface area contributed by atoms with E-state index in [1.807, 2.05) is 0 Å². The number of hydrogen-bond acceptors (Lipinski definition) is 0. The molecule has 7 aromatic rings. The quantitative estimate of drug-likeness (QED) is 0.114. The Balaban J connectivity index is 1.25. The van der Waals surface area contributed by atoms with Gasteiger partial charge < -0.3 is 0 Å². The van der Waals surface area contributed by atoms with E-state index in [0.29, 0.717) is 0 Å². The summed E-state index contributed by atoms with van der Waals surface area (Å²) in [6.07, 6.45) is 6.41. The number of aryl methyl sites for hydroxylation is 1. The summed E-state index contributed by atoms with van der Waals surface area (Å²) < 4.78 is 5.01. The topological polar surface area (TPSA) is 7.76 Å². The molecule has 10 rings (SSSR count). The Bertz CT molecular complexity index is 2660. The van der Waals surface area contributed by atoms with E-state index >= 15 is 0 Å². The Morgan fingerprint density at radius 1 is 0.540 bits per heavy atom. The van der Waals surface area contributed by atoms with Gasteiger partial charge >= 0.3 is 0 Å². The molecule has 0 amide bonds. The van der Waals surface area contributed by atoms with Crippen LogP contribution in [0, 0.1) is 6.92 Å². The molecule has 4 heterocycles. The van der Waals surface area contributed by atoms with Crippen LogP contribution < -0.4 is 9.13 Å². The molecule has 0 atom stereocenters. The van der Waals surface area contributed by atoms with Crippen molar-refractivity contribution in [1.82, 2.24) is 0 Å². The Morgan fingerprint density at radius 3 is 2.00 bits per heavy atom. The first-order valence-electron chi connectivity index (χ1n) is 18.1. The highest BCUT2D eigenvalue weighted by Crippen LogP contribution is 2.51. The number of pyridine rings is 2. The largest absolute Gasteiger partial charge is 0.259 e. The normalized spacial score (nSPS) is 16.8. The van der Waals surface area contributed by atoms with Crippen molar-refractivity contribution in [2.45, 2.75) is 65.2 Å². The van der Waals surface area contributed by atoms with Crippen LogP contribution in [0.1, 0.15) is 68.0 Å². The number of rotatable bonds is 0. The standard InChI is InChI=1S/C48H42N2/c1-29-17-19-49-43(21-29)38-22-31-16-15-30-11-7-8-12-35(30)37(31)23-32(38)25-45(49)46-26-33-24-42-40(36-13-9-10-14-41(36)48(42,5)6)28-39(33)44-27-34(47(2,3)4)18-20-50(44)46/h7-24,27-28H,25-26H2,1-6H3/q+2/b46-45+. The first-order chi connectivity index (χ1) is 24.1. The SMILES string of the molecule is Cc1cc[n+]2c(c1)-c1cc3ccc4ccccc4c3cc1C/C2=C1/Cc2cc3c(cc2-c2cc(C(C)(C)C)cc[n+]21)-c1ccccc1C3(C)C. The Hall–Kier alpha value is -5.34. The van der Waals surface area contributed by atoms with Gasteiger partial charge in [0, 0.05) is 29.7 Å². The van der Waals surface area contributed by atoms with Crippen molar-refractivity contribution >= 4 is 32.9 Å². The Morgan fingerprint density at radius 2 is 1.20 bits per heavy atom. The number of fused-ring (bicyclic) bond motifs is 12. The molecular weight excluding hydrogens is 605 g/mol. The monoisotopic (exact) mass is 646 g/mol. The van der Waals surface area contributed by atoms with Crippen molar-refractivity contribution in [2.75, 3.05) is 0 Å². The first kappa shape index (κ1) is 29.6. The van der Waals surface area contributed by atoms with Gasteiger partial charge in [0.2, 0.25) is 11.4 Å². The lowest BCUT2D eigenvalue weighted by Crippen LogP contribution is -2.47. The van der Waals surface area contributed by atoms with E-state index < -0.39 is 0 Å². The molecule has 5 aromatic carbocycles. The highest BCUT2D eigenvalue weighted by molar-refractivity contribution is 6.09. The predicted molar refractivity (Wildman–Crippen MR) is 207 cm³/mol. The number of benzene rings is 5. The third-order valence-electron chi connectivity index (χ3n) is 11.9. The lowest BCUT2D eigenvalue weighted by atomic mass is 9.79. The van der Waals surface area contributed by atoms with Crippen LogP contribution in [0.2, 0.25) is 0 Å². The van der Waals surface area contributed by atoms with Crippen molar-refractivity contribution in [2.24, 2.45) is 0 Å². The van der Waals surface area contributed by atoms with E-state index in [0.717, 1.165) is 12.8 Å². The van der Waals surface area contributed by atoms with Gasteiger partial charge in [-0.2, -0.15) is 9.13 Å². The molecule has 242 valence electrons. The molecule has 2 aliphatic heterocycles. The molecule has 0 fully saturated rings. The van der Waals surface area contributed by atoms with Gasteiger partial charge in [-0.25, -0.2) is 0 Å². The summed E-state index contributed by atoms with van der Waals surface area (Å²) in [5.41, 5.74) is 19.1. The molecule has 2 aromatic heterocycles. The average molecular weight is 647 g/mol. The summed E-state index contributed by atoms with van der Waals surface area (Å²) in [6.45, 7) is 14.0. The molecule has 1 aliphatic carbocycles. The van der Waals surface area contributed by atoms with Crippen LogP contribution in [0.3, 0.4) is 0 Å². The Labute approximate surface area is 295 Å². The molecule has 0 saturated heterocycles. The van der Waals surface area contributed by atoms with Gasteiger partial charge in [0.05, 0.1) is 24.0 Å². The van der Waals surface area contributed by atoms with Crippen molar-refractivity contribution in [3.63, 3.8) is 0 Å². The van der Waals surface area contributed by atoms with E-state index in [1.165, 1.54) is 100.0 Å². The molecule has 2 nitrogen and oxygen atoms in total. The number of hydrogen-bond donors (Lipinski definition) is 0. The van der Waals surface area contributed by atoms with Crippen molar-refractivity contribution in [3.8, 4) is 33.6 Å². The summed E-state index contributed by atoms with van der Waals surface area (Å²) in [4.78, 5) is 0. The van der Waals surface area contributed by atoms with Crippen LogP contribution in [-0.4, -0.2) is 0 Å². The molecule has 0 N–H and O–H groups in total. The maximum atomic E-state index is 2.55. The van der Waals surface area contributed by atoms with Crippen molar-refractivity contribution in [3.05, 3.63) is 155 Å². The minimum Gasteiger partial charge on any atom is -0.158 e. The van der Waals surface area contributed by atoms with Gasteiger partial charge in [-0.05, 0) is 96.6 Å². The van der Waals surface area contributed by atoms with Crippen LogP contribution in [0.15, 0.2) is 122 Å². The van der Waals surface area contributed by atoms with Crippen LogP contribution in [0.25, 0.3) is 66.6 Å². The highest BCUT2D eigenvalue weighted by Gasteiger charge is 2.42. The lowest BCUT2D eigenvalue weighted by Gasteiger charge is -2.26. The summed E-state index contributed by atoms with van der Waals surface area (Å²) >= 11 is 0. The second kappa shape index (κ2) is 10.1. The Kier molecular flexibility index (Phi) is 5.98. The molecule has 0 radical (unpaired) electrons. The lowest BCUT2D eigenvalue weighted by molar-refractivity contribution is -0.602. The van der Waals surface area contributed by atoms with Crippen molar-refractivity contribution < 1.29 is 9.13 Å². The smallest absolute Gasteiger partial charge is 0.158 e. The van der Waals surface area contributed by atoms with Gasteiger partial charge in [-0.1, -0.05) is 101 Å².